The summed E-state index contributed by atoms with van der Waals surface area (Å²) in [6.07, 6.45) is 0. The Kier molecular flexibility index (Phi) is 20.3. The van der Waals surface area contributed by atoms with Gasteiger partial charge in [-0.25, -0.2) is 44.9 Å². The van der Waals surface area contributed by atoms with E-state index in [0.29, 0.717) is 52.4 Å². The van der Waals surface area contributed by atoms with Crippen molar-refractivity contribution in [1.29, 1.82) is 0 Å². The highest BCUT2D eigenvalue weighted by Gasteiger charge is 2.24. The number of nitrogens with zero attached hydrogens (tertiary/aromatic N) is 9. The molecule has 0 fully saturated rings. The Morgan fingerprint density at radius 3 is 0.864 bits per heavy atom. The second-order valence-electron chi connectivity index (χ2n) is 35.3. The molecule has 5 heterocycles. The van der Waals surface area contributed by atoms with Gasteiger partial charge < -0.3 is 8.83 Å². The SMILES string of the molecule is c1ccc(-c2ccc3oc4c(-c5nc(-c6ccccc6)nc(-c6ccc7ccc8c9ccccc9ccc8c7c6)n5)cccc4c3c2)cc1.c1ccc(-c2nc(-c3cc(-c4ccccc4)c4c(c3)oc3ccccc34)nc(-c3ccc4ccc5c6ccccc6ccc5c4c3)n2)cc1.c1ccc(-c2nc(-c3ccccc3)nc(-c3cccc(-c4ccc5ccc6c7ccccc7ccc6c5c4)c3)n2)cc1. The maximum absolute atomic E-state index is 6.56. The van der Waals surface area contributed by atoms with Gasteiger partial charge >= 0.3 is 0 Å². The standard InChI is InChI=1S/2C45H27N3O.C39H25N3/c1-3-11-28(12-4-1)39-26-33(27-41-42(39)37-17-9-10-18-40(37)49-41)45-47-43(31-14-5-2-6-15-31)46-44(48-45)32-20-19-30-22-23-35-34-16-8-7-13-29(34)21-24-36(35)38(30)25-32;1-3-10-28(11-4-1)32-22-25-41-40(26-32)37-16-9-17-38(42(37)49-41)45-47-43(31-13-5-2-6-14-31)46-44(48-45)33-19-18-30-21-23-35-34-15-8-7-12-29(34)20-24-36(35)39(30)27-33;1-3-11-28(12-4-1)37-40-38(29-13-5-2-6-14-29)42-39(41-37)32-16-9-15-30(24-32)31-19-18-27-21-22-34-33-17-8-7-10-26(33)20-23-35(34)36(27)25-31/h2*1-27H;1-25H. The molecular formula is C129H79N9O2. The molecule has 0 saturated carbocycles. The van der Waals surface area contributed by atoms with E-state index in [1.807, 2.05) is 152 Å². The van der Waals surface area contributed by atoms with Crippen LogP contribution in [0.3, 0.4) is 0 Å². The molecule has 0 atom stereocenters. The highest BCUT2D eigenvalue weighted by atomic mass is 16.3. The van der Waals surface area contributed by atoms with Gasteiger partial charge in [0, 0.05) is 66.1 Å². The van der Waals surface area contributed by atoms with Crippen LogP contribution in [0.15, 0.2) is 488 Å². The predicted octanol–water partition coefficient (Wildman–Crippen LogP) is 33.8. The molecular weight excluding hydrogens is 1710 g/mol. The van der Waals surface area contributed by atoms with E-state index in [-0.39, 0.29) is 0 Å². The molecule has 140 heavy (non-hydrogen) atoms. The second kappa shape index (κ2) is 34.8. The van der Waals surface area contributed by atoms with E-state index in [1.165, 1.54) is 97.1 Å². The van der Waals surface area contributed by atoms with E-state index >= 15 is 0 Å². The van der Waals surface area contributed by atoms with Crippen LogP contribution < -0.4 is 0 Å². The van der Waals surface area contributed by atoms with Crippen LogP contribution in [0.5, 0.6) is 0 Å². The van der Waals surface area contributed by atoms with Gasteiger partial charge in [0.15, 0.2) is 52.4 Å². The molecule has 28 rings (SSSR count). The van der Waals surface area contributed by atoms with Crippen LogP contribution in [0, 0.1) is 0 Å². The molecule has 0 aliphatic rings. The van der Waals surface area contributed by atoms with Crippen LogP contribution in [0.25, 0.3) is 277 Å². The number of furan rings is 2. The number of benzene rings is 23. The molecule has 0 aliphatic carbocycles. The lowest BCUT2D eigenvalue weighted by Gasteiger charge is -2.12. The third-order valence-electron chi connectivity index (χ3n) is 26.9. The number of para-hydroxylation sites is 2. The molecule has 11 heteroatoms. The van der Waals surface area contributed by atoms with Crippen LogP contribution in [0.2, 0.25) is 0 Å². The summed E-state index contributed by atoms with van der Waals surface area (Å²) in [5.74, 6) is 5.61. The third-order valence-corrected chi connectivity index (χ3v) is 26.9. The molecule has 5 aromatic heterocycles. The Hall–Kier alpha value is -19.0. The summed E-state index contributed by atoms with van der Waals surface area (Å²) in [6.45, 7) is 0. The lowest BCUT2D eigenvalue weighted by atomic mass is 9.94. The summed E-state index contributed by atoms with van der Waals surface area (Å²) in [5, 5.41) is 26.3. The Bertz CT molecular complexity index is 9710. The molecule has 0 amide bonds. The fourth-order valence-electron chi connectivity index (χ4n) is 20.0. The van der Waals surface area contributed by atoms with Crippen molar-refractivity contribution in [2.75, 3.05) is 0 Å². The van der Waals surface area contributed by atoms with Crippen molar-refractivity contribution < 1.29 is 8.83 Å². The first-order valence-electron chi connectivity index (χ1n) is 47.0. The number of aromatic nitrogens is 9. The second-order valence-corrected chi connectivity index (χ2v) is 35.3. The molecule has 0 aliphatic heterocycles. The average Bonchev–Trinajstić information content (AvgIpc) is 1.67. The van der Waals surface area contributed by atoms with Gasteiger partial charge in [-0.3, -0.25) is 0 Å². The average molecular weight is 1790 g/mol. The fourth-order valence-corrected chi connectivity index (χ4v) is 20.0. The molecule has 0 bridgehead atoms. The Labute approximate surface area is 804 Å². The number of fused-ring (bicyclic) bond motifs is 21. The van der Waals surface area contributed by atoms with E-state index in [9.17, 15) is 0 Å². The summed E-state index contributed by atoms with van der Waals surface area (Å²) >= 11 is 0. The first-order valence-corrected chi connectivity index (χ1v) is 47.0. The van der Waals surface area contributed by atoms with Gasteiger partial charge in [-0.05, 0) is 191 Å². The van der Waals surface area contributed by atoms with Gasteiger partial charge in [0.2, 0.25) is 0 Å². The topological polar surface area (TPSA) is 142 Å². The summed E-state index contributed by atoms with van der Waals surface area (Å²) in [6, 6.07) is 167. The van der Waals surface area contributed by atoms with Crippen molar-refractivity contribution in [2.24, 2.45) is 0 Å². The van der Waals surface area contributed by atoms with Gasteiger partial charge in [-0.1, -0.05) is 419 Å². The predicted molar refractivity (Wildman–Crippen MR) is 577 cm³/mol. The van der Waals surface area contributed by atoms with Gasteiger partial charge in [0.1, 0.15) is 22.3 Å². The Balaban J connectivity index is 0.000000108. The molecule has 23 aromatic carbocycles. The summed E-state index contributed by atoms with van der Waals surface area (Å²) in [4.78, 5) is 45.3. The van der Waals surface area contributed by atoms with Gasteiger partial charge in [-0.15, -0.1) is 0 Å². The van der Waals surface area contributed by atoms with Crippen LogP contribution in [-0.4, -0.2) is 44.9 Å². The van der Waals surface area contributed by atoms with E-state index in [4.69, 9.17) is 53.7 Å². The van der Waals surface area contributed by atoms with Crippen molar-refractivity contribution in [2.45, 2.75) is 0 Å². The monoisotopic (exact) mass is 1790 g/mol. The fraction of sp³-hybridized carbons (Fsp3) is 0. The molecule has 11 nitrogen and oxygen atoms in total. The minimum absolute atomic E-state index is 0.570. The first-order chi connectivity index (χ1) is 69.3. The lowest BCUT2D eigenvalue weighted by molar-refractivity contribution is 0.669. The van der Waals surface area contributed by atoms with Crippen molar-refractivity contribution in [3.05, 3.63) is 479 Å². The highest BCUT2D eigenvalue weighted by Crippen LogP contribution is 2.45. The van der Waals surface area contributed by atoms with Crippen molar-refractivity contribution in [3.8, 4) is 136 Å². The largest absolute Gasteiger partial charge is 0.456 e. The maximum atomic E-state index is 6.56. The molecule has 0 spiro atoms. The first kappa shape index (κ1) is 81.8. The van der Waals surface area contributed by atoms with Crippen molar-refractivity contribution in [3.63, 3.8) is 0 Å². The zero-order chi connectivity index (χ0) is 92.5. The zero-order valence-corrected chi connectivity index (χ0v) is 75.5. The zero-order valence-electron chi connectivity index (χ0n) is 75.5. The third kappa shape index (κ3) is 15.1. The van der Waals surface area contributed by atoms with Crippen LogP contribution >= 0.6 is 0 Å². The van der Waals surface area contributed by atoms with Gasteiger partial charge in [0.25, 0.3) is 0 Å². The molecule has 0 N–H and O–H groups in total. The number of hydrogen-bond acceptors (Lipinski definition) is 11. The maximum Gasteiger partial charge on any atom is 0.167 e. The normalized spacial score (nSPS) is 11.6. The smallest absolute Gasteiger partial charge is 0.167 e. The van der Waals surface area contributed by atoms with Gasteiger partial charge in [-0.2, -0.15) is 0 Å². The van der Waals surface area contributed by atoms with E-state index < -0.39 is 0 Å². The molecule has 0 radical (unpaired) electrons. The highest BCUT2D eigenvalue weighted by molar-refractivity contribution is 6.22. The van der Waals surface area contributed by atoms with E-state index in [2.05, 4.69) is 328 Å². The minimum atomic E-state index is 0.570. The van der Waals surface area contributed by atoms with Crippen molar-refractivity contribution >= 4 is 141 Å². The summed E-state index contributed by atoms with van der Waals surface area (Å²) < 4.78 is 13.0. The minimum Gasteiger partial charge on any atom is -0.456 e. The van der Waals surface area contributed by atoms with Crippen LogP contribution in [-0.2, 0) is 0 Å². The summed E-state index contributed by atoms with van der Waals surface area (Å²) in [7, 11) is 0. The van der Waals surface area contributed by atoms with Gasteiger partial charge in [0.05, 0.1) is 5.56 Å². The Morgan fingerprint density at radius 1 is 0.121 bits per heavy atom. The van der Waals surface area contributed by atoms with E-state index in [0.717, 1.165) is 127 Å². The Morgan fingerprint density at radius 2 is 0.407 bits per heavy atom. The summed E-state index contributed by atoms with van der Waals surface area (Å²) in [5.41, 5.74) is 18.3. The van der Waals surface area contributed by atoms with Crippen LogP contribution in [0.1, 0.15) is 0 Å². The molecule has 28 aromatic rings. The lowest BCUT2D eigenvalue weighted by Crippen LogP contribution is -2.00. The van der Waals surface area contributed by atoms with E-state index in [1.54, 1.807) is 0 Å². The molecule has 652 valence electrons. The number of rotatable bonds is 12. The van der Waals surface area contributed by atoms with Crippen LogP contribution in [0.4, 0.5) is 0 Å². The number of hydrogen-bond donors (Lipinski definition) is 0. The van der Waals surface area contributed by atoms with Crippen molar-refractivity contribution in [1.82, 2.24) is 44.9 Å². The molecule has 0 saturated heterocycles. The quantitative estimate of drug-likeness (QED) is 0.108. The molecule has 0 unspecified atom stereocenters.